The van der Waals surface area contributed by atoms with Crippen LogP contribution in [0.5, 0.6) is 0 Å². The SMILES string of the molecule is CCOC(=O)c1cnn(-c2cccc3ncccc23)c1Br. The topological polar surface area (TPSA) is 57.0 Å². The van der Waals surface area contributed by atoms with Gasteiger partial charge in [-0.05, 0) is 47.1 Å². The molecule has 0 saturated heterocycles. The second-order valence-electron chi connectivity index (χ2n) is 4.33. The number of hydrogen-bond donors (Lipinski definition) is 0. The lowest BCUT2D eigenvalue weighted by Crippen LogP contribution is -2.05. The van der Waals surface area contributed by atoms with Crippen molar-refractivity contribution in [3.8, 4) is 5.69 Å². The third kappa shape index (κ3) is 2.42. The highest BCUT2D eigenvalue weighted by Crippen LogP contribution is 2.26. The van der Waals surface area contributed by atoms with Crippen LogP contribution in [0.4, 0.5) is 0 Å². The number of halogens is 1. The van der Waals surface area contributed by atoms with Crippen LogP contribution < -0.4 is 0 Å². The molecule has 0 atom stereocenters. The van der Waals surface area contributed by atoms with E-state index < -0.39 is 5.97 Å². The van der Waals surface area contributed by atoms with Crippen molar-refractivity contribution < 1.29 is 9.53 Å². The molecule has 3 rings (SSSR count). The van der Waals surface area contributed by atoms with Gasteiger partial charge in [-0.2, -0.15) is 5.10 Å². The Morgan fingerprint density at radius 2 is 2.19 bits per heavy atom. The zero-order valence-electron chi connectivity index (χ0n) is 11.3. The molecule has 0 aliphatic carbocycles. The van der Waals surface area contributed by atoms with Gasteiger partial charge in [0.25, 0.3) is 0 Å². The van der Waals surface area contributed by atoms with E-state index in [-0.39, 0.29) is 0 Å². The lowest BCUT2D eigenvalue weighted by atomic mass is 10.2. The summed E-state index contributed by atoms with van der Waals surface area (Å²) < 4.78 is 7.24. The Balaban J connectivity index is 2.14. The third-order valence-corrected chi connectivity index (χ3v) is 3.82. The standard InChI is InChI=1S/C15H12BrN3O2/c1-2-21-15(20)11-9-18-19(14(11)16)13-7-3-6-12-10(13)5-4-8-17-12/h3-9H,2H2,1H3. The fourth-order valence-corrected chi connectivity index (χ4v) is 2.67. The lowest BCUT2D eigenvalue weighted by Gasteiger charge is -2.07. The van der Waals surface area contributed by atoms with Gasteiger partial charge in [0, 0.05) is 11.6 Å². The summed E-state index contributed by atoms with van der Waals surface area (Å²) in [4.78, 5) is 16.2. The van der Waals surface area contributed by atoms with Crippen LogP contribution in [0.2, 0.25) is 0 Å². The molecule has 0 bridgehead atoms. The normalized spacial score (nSPS) is 10.8. The molecule has 0 saturated carbocycles. The molecule has 2 aromatic heterocycles. The molecular formula is C15H12BrN3O2. The highest BCUT2D eigenvalue weighted by Gasteiger charge is 2.18. The second-order valence-corrected chi connectivity index (χ2v) is 5.08. The summed E-state index contributed by atoms with van der Waals surface area (Å²) in [6.07, 6.45) is 3.24. The minimum atomic E-state index is -0.394. The summed E-state index contributed by atoms with van der Waals surface area (Å²) in [5.41, 5.74) is 2.12. The molecule has 0 fully saturated rings. The van der Waals surface area contributed by atoms with Crippen LogP contribution in [0.25, 0.3) is 16.6 Å². The van der Waals surface area contributed by atoms with Crippen LogP contribution in [-0.4, -0.2) is 27.3 Å². The van der Waals surface area contributed by atoms with E-state index in [1.165, 1.54) is 6.20 Å². The first kappa shape index (κ1) is 13.8. The number of aromatic nitrogens is 3. The van der Waals surface area contributed by atoms with Gasteiger partial charge >= 0.3 is 5.97 Å². The van der Waals surface area contributed by atoms with Crippen molar-refractivity contribution in [1.82, 2.24) is 14.8 Å². The summed E-state index contributed by atoms with van der Waals surface area (Å²) in [5, 5.41) is 5.24. The van der Waals surface area contributed by atoms with Crippen LogP contribution in [-0.2, 0) is 4.74 Å². The van der Waals surface area contributed by atoms with Crippen LogP contribution >= 0.6 is 15.9 Å². The molecule has 5 nitrogen and oxygen atoms in total. The Morgan fingerprint density at radius 1 is 1.33 bits per heavy atom. The number of rotatable bonds is 3. The smallest absolute Gasteiger partial charge is 0.342 e. The number of carbonyl (C=O) groups excluding carboxylic acids is 1. The summed E-state index contributed by atoms with van der Waals surface area (Å²) in [7, 11) is 0. The average Bonchev–Trinajstić information content (AvgIpc) is 2.88. The Hall–Kier alpha value is -2.21. The van der Waals surface area contributed by atoms with Crippen molar-refractivity contribution in [3.63, 3.8) is 0 Å². The Kier molecular flexibility index (Phi) is 3.70. The Bertz CT molecular complexity index is 808. The Morgan fingerprint density at radius 3 is 3.00 bits per heavy atom. The summed E-state index contributed by atoms with van der Waals surface area (Å²) in [5.74, 6) is -0.394. The number of ether oxygens (including phenoxy) is 1. The van der Waals surface area contributed by atoms with Gasteiger partial charge in [-0.25, -0.2) is 9.48 Å². The molecule has 21 heavy (non-hydrogen) atoms. The molecule has 1 aromatic carbocycles. The molecule has 0 aliphatic heterocycles. The zero-order valence-corrected chi connectivity index (χ0v) is 12.9. The predicted molar refractivity (Wildman–Crippen MR) is 82.5 cm³/mol. The first-order chi connectivity index (χ1) is 10.2. The van der Waals surface area contributed by atoms with Crippen LogP contribution in [0.15, 0.2) is 47.3 Å². The van der Waals surface area contributed by atoms with Crippen molar-refractivity contribution in [2.24, 2.45) is 0 Å². The highest BCUT2D eigenvalue weighted by atomic mass is 79.9. The van der Waals surface area contributed by atoms with E-state index in [0.29, 0.717) is 16.8 Å². The molecule has 0 N–H and O–H groups in total. The van der Waals surface area contributed by atoms with E-state index in [2.05, 4.69) is 26.0 Å². The van der Waals surface area contributed by atoms with Crippen LogP contribution in [0, 0.1) is 0 Å². The molecule has 2 heterocycles. The van der Waals surface area contributed by atoms with Gasteiger partial charge in [-0.3, -0.25) is 4.98 Å². The summed E-state index contributed by atoms with van der Waals surface area (Å²) in [6, 6.07) is 9.60. The number of nitrogens with zero attached hydrogens (tertiary/aromatic N) is 3. The average molecular weight is 346 g/mol. The highest BCUT2D eigenvalue weighted by molar-refractivity contribution is 9.10. The lowest BCUT2D eigenvalue weighted by molar-refractivity contribution is 0.0525. The minimum Gasteiger partial charge on any atom is -0.462 e. The maximum atomic E-state index is 11.9. The monoisotopic (exact) mass is 345 g/mol. The summed E-state index contributed by atoms with van der Waals surface area (Å²) in [6.45, 7) is 2.10. The van der Waals surface area contributed by atoms with E-state index in [4.69, 9.17) is 4.74 Å². The van der Waals surface area contributed by atoms with Gasteiger partial charge in [-0.15, -0.1) is 0 Å². The quantitative estimate of drug-likeness (QED) is 0.683. The van der Waals surface area contributed by atoms with Crippen molar-refractivity contribution >= 4 is 32.8 Å². The van der Waals surface area contributed by atoms with E-state index in [9.17, 15) is 4.79 Å². The van der Waals surface area contributed by atoms with Crippen molar-refractivity contribution in [3.05, 3.63) is 52.9 Å². The first-order valence-electron chi connectivity index (χ1n) is 6.47. The maximum absolute atomic E-state index is 11.9. The van der Waals surface area contributed by atoms with Gasteiger partial charge < -0.3 is 4.74 Å². The molecule has 0 radical (unpaired) electrons. The van der Waals surface area contributed by atoms with Crippen molar-refractivity contribution in [2.75, 3.05) is 6.61 Å². The summed E-state index contributed by atoms with van der Waals surface area (Å²) >= 11 is 3.42. The zero-order chi connectivity index (χ0) is 14.8. The molecule has 106 valence electrons. The molecule has 0 amide bonds. The van der Waals surface area contributed by atoms with Crippen LogP contribution in [0.1, 0.15) is 17.3 Å². The fourth-order valence-electron chi connectivity index (χ4n) is 2.12. The maximum Gasteiger partial charge on any atom is 0.342 e. The van der Waals surface area contributed by atoms with Gasteiger partial charge in [0.1, 0.15) is 10.2 Å². The van der Waals surface area contributed by atoms with E-state index in [1.54, 1.807) is 17.8 Å². The van der Waals surface area contributed by atoms with Gasteiger partial charge in [-0.1, -0.05) is 6.07 Å². The van der Waals surface area contributed by atoms with Crippen molar-refractivity contribution in [2.45, 2.75) is 6.92 Å². The number of hydrogen-bond acceptors (Lipinski definition) is 4. The van der Waals surface area contributed by atoms with Gasteiger partial charge in [0.15, 0.2) is 0 Å². The number of benzene rings is 1. The predicted octanol–water partition coefficient (Wildman–Crippen LogP) is 3.36. The largest absolute Gasteiger partial charge is 0.462 e. The third-order valence-electron chi connectivity index (χ3n) is 3.06. The van der Waals surface area contributed by atoms with Crippen LogP contribution in [0.3, 0.4) is 0 Å². The minimum absolute atomic E-state index is 0.328. The number of pyridine rings is 1. The van der Waals surface area contributed by atoms with E-state index in [0.717, 1.165) is 16.6 Å². The van der Waals surface area contributed by atoms with Crippen molar-refractivity contribution in [1.29, 1.82) is 0 Å². The molecule has 0 aliphatic rings. The fraction of sp³-hybridized carbons (Fsp3) is 0.133. The number of esters is 1. The molecule has 6 heteroatoms. The molecule has 3 aromatic rings. The molecule has 0 unspecified atom stereocenters. The van der Waals surface area contributed by atoms with E-state index >= 15 is 0 Å². The van der Waals surface area contributed by atoms with Gasteiger partial charge in [0.2, 0.25) is 0 Å². The van der Waals surface area contributed by atoms with Gasteiger partial charge in [0.05, 0.1) is 24.0 Å². The Labute approximate surface area is 129 Å². The second kappa shape index (κ2) is 5.65. The molecular weight excluding hydrogens is 334 g/mol. The molecule has 0 spiro atoms. The number of carbonyl (C=O) groups is 1. The number of fused-ring (bicyclic) bond motifs is 1. The van der Waals surface area contributed by atoms with E-state index in [1.807, 2.05) is 30.3 Å². The first-order valence-corrected chi connectivity index (χ1v) is 7.26.